The molecular formula is C12H18N2O2S. The molecule has 1 fully saturated rings. The van der Waals surface area contributed by atoms with Gasteiger partial charge in [-0.1, -0.05) is 0 Å². The molecule has 0 bridgehead atoms. The SMILES string of the molecule is Cc1ccc(C(C)NC(=O)N2CCSCC2)o1. The second-order valence-electron chi connectivity index (χ2n) is 4.22. The lowest BCUT2D eigenvalue weighted by Gasteiger charge is -2.27. The fourth-order valence-electron chi connectivity index (χ4n) is 1.80. The van der Waals surface area contributed by atoms with Crippen molar-refractivity contribution < 1.29 is 9.21 Å². The highest BCUT2D eigenvalue weighted by Gasteiger charge is 2.19. The summed E-state index contributed by atoms with van der Waals surface area (Å²) in [6, 6.07) is 3.75. The van der Waals surface area contributed by atoms with Crippen molar-refractivity contribution in [3.63, 3.8) is 0 Å². The van der Waals surface area contributed by atoms with Gasteiger partial charge in [0.25, 0.3) is 0 Å². The van der Waals surface area contributed by atoms with Crippen molar-refractivity contribution in [2.45, 2.75) is 19.9 Å². The topological polar surface area (TPSA) is 45.5 Å². The van der Waals surface area contributed by atoms with E-state index < -0.39 is 0 Å². The van der Waals surface area contributed by atoms with Crippen molar-refractivity contribution in [2.24, 2.45) is 0 Å². The van der Waals surface area contributed by atoms with Crippen molar-refractivity contribution in [2.75, 3.05) is 24.6 Å². The fourth-order valence-corrected chi connectivity index (χ4v) is 2.70. The van der Waals surface area contributed by atoms with E-state index in [1.807, 2.05) is 42.6 Å². The van der Waals surface area contributed by atoms with Gasteiger partial charge in [0.05, 0.1) is 6.04 Å². The number of urea groups is 1. The summed E-state index contributed by atoms with van der Waals surface area (Å²) < 4.78 is 5.50. The normalized spacial score (nSPS) is 17.9. The first-order valence-corrected chi connectivity index (χ1v) is 7.02. The molecule has 1 aromatic heterocycles. The lowest BCUT2D eigenvalue weighted by atomic mass is 10.2. The predicted octanol–water partition coefficient (Wildman–Crippen LogP) is 2.41. The van der Waals surface area contributed by atoms with E-state index in [4.69, 9.17) is 4.42 Å². The monoisotopic (exact) mass is 254 g/mol. The first kappa shape index (κ1) is 12.4. The number of nitrogens with zero attached hydrogens (tertiary/aromatic N) is 1. The van der Waals surface area contributed by atoms with Crippen LogP contribution < -0.4 is 5.32 Å². The van der Waals surface area contributed by atoms with Gasteiger partial charge < -0.3 is 14.6 Å². The van der Waals surface area contributed by atoms with Crippen LogP contribution in [0.25, 0.3) is 0 Å². The molecule has 1 aliphatic heterocycles. The third-order valence-corrected chi connectivity index (χ3v) is 3.77. The molecule has 0 saturated carbocycles. The molecule has 0 aliphatic carbocycles. The van der Waals surface area contributed by atoms with Crippen LogP contribution in [0.4, 0.5) is 4.79 Å². The lowest BCUT2D eigenvalue weighted by Crippen LogP contribution is -2.45. The summed E-state index contributed by atoms with van der Waals surface area (Å²) in [5, 5.41) is 2.96. The number of aryl methyl sites for hydroxylation is 1. The first-order valence-electron chi connectivity index (χ1n) is 5.86. The molecule has 94 valence electrons. The summed E-state index contributed by atoms with van der Waals surface area (Å²) in [6.07, 6.45) is 0. The molecule has 0 aromatic carbocycles. The maximum atomic E-state index is 12.0. The van der Waals surface area contributed by atoms with Gasteiger partial charge in [0.15, 0.2) is 0 Å². The molecule has 0 spiro atoms. The summed E-state index contributed by atoms with van der Waals surface area (Å²) in [7, 11) is 0. The highest BCUT2D eigenvalue weighted by Crippen LogP contribution is 2.16. The average Bonchev–Trinajstić information content (AvgIpc) is 2.77. The summed E-state index contributed by atoms with van der Waals surface area (Å²) in [5.74, 6) is 3.74. The van der Waals surface area contributed by atoms with Gasteiger partial charge in [0.2, 0.25) is 0 Å². The lowest BCUT2D eigenvalue weighted by molar-refractivity contribution is 0.198. The number of carbonyl (C=O) groups is 1. The van der Waals surface area contributed by atoms with Gasteiger partial charge in [-0.3, -0.25) is 0 Å². The summed E-state index contributed by atoms with van der Waals surface area (Å²) in [6.45, 7) is 5.51. The number of hydrogen-bond donors (Lipinski definition) is 1. The molecule has 4 nitrogen and oxygen atoms in total. The fraction of sp³-hybridized carbons (Fsp3) is 0.583. The Morgan fingerprint density at radius 1 is 1.47 bits per heavy atom. The van der Waals surface area contributed by atoms with E-state index in [1.54, 1.807) is 0 Å². The highest BCUT2D eigenvalue weighted by molar-refractivity contribution is 7.99. The van der Waals surface area contributed by atoms with Crippen LogP contribution in [0.2, 0.25) is 0 Å². The van der Waals surface area contributed by atoms with Crippen LogP contribution >= 0.6 is 11.8 Å². The zero-order chi connectivity index (χ0) is 12.3. The van der Waals surface area contributed by atoms with Crippen LogP contribution in [0.5, 0.6) is 0 Å². The van der Waals surface area contributed by atoms with Gasteiger partial charge in [-0.2, -0.15) is 11.8 Å². The molecule has 1 aromatic rings. The minimum atomic E-state index is -0.0780. The minimum Gasteiger partial charge on any atom is -0.464 e. The van der Waals surface area contributed by atoms with Crippen molar-refractivity contribution in [1.29, 1.82) is 0 Å². The zero-order valence-corrected chi connectivity index (χ0v) is 11.0. The number of thioether (sulfide) groups is 1. The number of nitrogens with one attached hydrogen (secondary N) is 1. The van der Waals surface area contributed by atoms with E-state index in [9.17, 15) is 4.79 Å². The number of carbonyl (C=O) groups excluding carboxylic acids is 1. The van der Waals surface area contributed by atoms with E-state index in [0.717, 1.165) is 36.1 Å². The molecular weight excluding hydrogens is 236 g/mol. The number of rotatable bonds is 2. The Labute approximate surface area is 106 Å². The van der Waals surface area contributed by atoms with Crippen LogP contribution in [0.3, 0.4) is 0 Å². The Balaban J connectivity index is 1.89. The van der Waals surface area contributed by atoms with Crippen molar-refractivity contribution in [3.05, 3.63) is 23.7 Å². The largest absolute Gasteiger partial charge is 0.464 e. The highest BCUT2D eigenvalue weighted by atomic mass is 32.2. The Hall–Kier alpha value is -1.10. The van der Waals surface area contributed by atoms with Crippen LogP contribution in [-0.2, 0) is 0 Å². The third kappa shape index (κ3) is 3.19. The quantitative estimate of drug-likeness (QED) is 0.881. The molecule has 2 heterocycles. The number of furan rings is 1. The summed E-state index contributed by atoms with van der Waals surface area (Å²) in [5.41, 5.74) is 0. The molecule has 2 amide bonds. The van der Waals surface area contributed by atoms with Crippen LogP contribution in [0, 0.1) is 6.92 Å². The minimum absolute atomic E-state index is 0.00635. The Morgan fingerprint density at radius 2 is 2.18 bits per heavy atom. The molecule has 17 heavy (non-hydrogen) atoms. The predicted molar refractivity (Wildman–Crippen MR) is 69.3 cm³/mol. The van der Waals surface area contributed by atoms with Crippen molar-refractivity contribution in [3.8, 4) is 0 Å². The van der Waals surface area contributed by atoms with Crippen molar-refractivity contribution >= 4 is 17.8 Å². The summed E-state index contributed by atoms with van der Waals surface area (Å²) in [4.78, 5) is 13.8. The van der Waals surface area contributed by atoms with E-state index in [2.05, 4.69) is 5.32 Å². The third-order valence-electron chi connectivity index (χ3n) is 2.83. The number of amides is 2. The molecule has 5 heteroatoms. The number of hydrogen-bond acceptors (Lipinski definition) is 3. The average molecular weight is 254 g/mol. The Bertz CT molecular complexity index is 386. The Morgan fingerprint density at radius 3 is 2.76 bits per heavy atom. The molecule has 1 atom stereocenters. The van der Waals surface area contributed by atoms with Gasteiger partial charge in [0.1, 0.15) is 11.5 Å². The van der Waals surface area contributed by atoms with Crippen LogP contribution in [-0.4, -0.2) is 35.5 Å². The van der Waals surface area contributed by atoms with E-state index >= 15 is 0 Å². The second kappa shape index (κ2) is 5.49. The molecule has 1 unspecified atom stereocenters. The molecule has 1 saturated heterocycles. The molecule has 0 radical (unpaired) electrons. The zero-order valence-electron chi connectivity index (χ0n) is 10.2. The van der Waals surface area contributed by atoms with E-state index in [0.29, 0.717) is 0 Å². The molecule has 2 rings (SSSR count). The van der Waals surface area contributed by atoms with Gasteiger partial charge >= 0.3 is 6.03 Å². The smallest absolute Gasteiger partial charge is 0.318 e. The standard InChI is InChI=1S/C12H18N2O2S/c1-9-3-4-11(16-9)10(2)13-12(15)14-5-7-17-8-6-14/h3-4,10H,5-8H2,1-2H3,(H,13,15). The van der Waals surface area contributed by atoms with Crippen LogP contribution in [0.1, 0.15) is 24.5 Å². The van der Waals surface area contributed by atoms with Gasteiger partial charge in [-0.25, -0.2) is 4.79 Å². The molecule has 1 aliphatic rings. The van der Waals surface area contributed by atoms with Gasteiger partial charge in [-0.15, -0.1) is 0 Å². The van der Waals surface area contributed by atoms with Gasteiger partial charge in [-0.05, 0) is 26.0 Å². The maximum absolute atomic E-state index is 12.0. The van der Waals surface area contributed by atoms with E-state index in [1.165, 1.54) is 0 Å². The Kier molecular flexibility index (Phi) is 3.99. The maximum Gasteiger partial charge on any atom is 0.318 e. The van der Waals surface area contributed by atoms with Crippen LogP contribution in [0.15, 0.2) is 16.5 Å². The van der Waals surface area contributed by atoms with Crippen molar-refractivity contribution in [1.82, 2.24) is 10.2 Å². The molecule has 1 N–H and O–H groups in total. The van der Waals surface area contributed by atoms with E-state index in [-0.39, 0.29) is 12.1 Å². The summed E-state index contributed by atoms with van der Waals surface area (Å²) >= 11 is 1.89. The van der Waals surface area contributed by atoms with Gasteiger partial charge in [0, 0.05) is 24.6 Å². The second-order valence-corrected chi connectivity index (χ2v) is 5.44. The first-order chi connectivity index (χ1) is 8.16.